The van der Waals surface area contributed by atoms with Crippen molar-refractivity contribution in [2.24, 2.45) is 0 Å². The van der Waals surface area contributed by atoms with E-state index in [0.717, 1.165) is 17.5 Å². The maximum absolute atomic E-state index is 10.1. The Morgan fingerprint density at radius 1 is 1.67 bits per heavy atom. The molecule has 0 spiro atoms. The normalized spacial score (nSPS) is 9.83. The van der Waals surface area contributed by atoms with E-state index in [1.807, 2.05) is 6.92 Å². The van der Waals surface area contributed by atoms with Gasteiger partial charge in [0.15, 0.2) is 0 Å². The molecule has 0 saturated carbocycles. The van der Waals surface area contributed by atoms with Gasteiger partial charge >= 0.3 is 0 Å². The molecule has 0 radical (unpaired) electrons. The van der Waals surface area contributed by atoms with Gasteiger partial charge in [0, 0.05) is 23.3 Å². The Balaban J connectivity index is 2.84. The van der Waals surface area contributed by atoms with Crippen molar-refractivity contribution in [1.29, 1.82) is 0 Å². The fourth-order valence-electron chi connectivity index (χ4n) is 1.00. The van der Waals surface area contributed by atoms with Crippen LogP contribution in [0.3, 0.4) is 0 Å². The summed E-state index contributed by atoms with van der Waals surface area (Å²) in [6.45, 7) is 1.91. The van der Waals surface area contributed by atoms with Gasteiger partial charge in [-0.1, -0.05) is 11.6 Å². The van der Waals surface area contributed by atoms with Gasteiger partial charge in [-0.25, -0.2) is 0 Å². The van der Waals surface area contributed by atoms with Gasteiger partial charge in [0.25, 0.3) is 0 Å². The highest BCUT2D eigenvalue weighted by Gasteiger charge is 2.02. The third-order valence-electron chi connectivity index (χ3n) is 1.74. The number of aromatic nitrogens is 1. The Morgan fingerprint density at radius 2 is 2.42 bits per heavy atom. The van der Waals surface area contributed by atoms with Crippen LogP contribution in [0.1, 0.15) is 17.7 Å². The summed E-state index contributed by atoms with van der Waals surface area (Å²) >= 11 is 5.86. The van der Waals surface area contributed by atoms with E-state index in [-0.39, 0.29) is 0 Å². The molecule has 0 saturated heterocycles. The van der Waals surface area contributed by atoms with Crippen molar-refractivity contribution in [2.75, 3.05) is 0 Å². The second-order valence-corrected chi connectivity index (χ2v) is 2.98. The van der Waals surface area contributed by atoms with E-state index >= 15 is 0 Å². The second-order valence-electron chi connectivity index (χ2n) is 2.57. The van der Waals surface area contributed by atoms with Crippen LogP contribution < -0.4 is 0 Å². The summed E-state index contributed by atoms with van der Waals surface area (Å²) in [5.41, 5.74) is 1.88. The molecule has 0 aliphatic rings. The van der Waals surface area contributed by atoms with E-state index in [0.29, 0.717) is 17.9 Å². The van der Waals surface area contributed by atoms with Gasteiger partial charge in [0.05, 0.1) is 0 Å². The molecule has 1 heterocycles. The minimum atomic E-state index is 0.508. The van der Waals surface area contributed by atoms with Crippen molar-refractivity contribution in [3.05, 3.63) is 28.5 Å². The average Bonchev–Trinajstić information content (AvgIpc) is 2.08. The number of aldehydes is 1. The molecule has 2 nitrogen and oxygen atoms in total. The number of hydrogen-bond donors (Lipinski definition) is 0. The fraction of sp³-hybridized carbons (Fsp3) is 0.333. The summed E-state index contributed by atoms with van der Waals surface area (Å²) in [5.74, 6) is 0. The number of carbonyl (C=O) groups is 1. The smallest absolute Gasteiger partial charge is 0.120 e. The van der Waals surface area contributed by atoms with Crippen LogP contribution in [0.15, 0.2) is 12.3 Å². The van der Waals surface area contributed by atoms with Crippen molar-refractivity contribution < 1.29 is 4.79 Å². The first-order valence-corrected chi connectivity index (χ1v) is 4.17. The van der Waals surface area contributed by atoms with E-state index in [1.165, 1.54) is 0 Å². The van der Waals surface area contributed by atoms with Gasteiger partial charge in [-0.05, 0) is 25.0 Å². The lowest BCUT2D eigenvalue weighted by Crippen LogP contribution is -1.94. The number of carbonyl (C=O) groups excluding carboxylic acids is 1. The van der Waals surface area contributed by atoms with E-state index in [1.54, 1.807) is 12.3 Å². The lowest BCUT2D eigenvalue weighted by Gasteiger charge is -2.02. The molecule has 0 aromatic carbocycles. The molecule has 0 N–H and O–H groups in total. The lowest BCUT2D eigenvalue weighted by atomic mass is 10.1. The standard InChI is InChI=1S/C9H10ClNO/c1-7-8(10)4-5-11-9(7)3-2-6-12/h4-6H,2-3H2,1H3. The number of aryl methyl sites for hydroxylation is 1. The number of halogens is 1. The highest BCUT2D eigenvalue weighted by molar-refractivity contribution is 6.31. The van der Waals surface area contributed by atoms with Crippen molar-refractivity contribution in [2.45, 2.75) is 19.8 Å². The zero-order valence-corrected chi connectivity index (χ0v) is 7.64. The van der Waals surface area contributed by atoms with Gasteiger partial charge in [-0.15, -0.1) is 0 Å². The molecule has 0 atom stereocenters. The highest BCUT2D eigenvalue weighted by atomic mass is 35.5. The second kappa shape index (κ2) is 4.21. The Labute approximate surface area is 76.6 Å². The Hall–Kier alpha value is -0.890. The molecule has 1 rings (SSSR count). The van der Waals surface area contributed by atoms with Gasteiger partial charge in [-0.3, -0.25) is 4.98 Å². The van der Waals surface area contributed by atoms with Crippen LogP contribution in [0.2, 0.25) is 5.02 Å². The molecule has 3 heteroatoms. The molecule has 1 aromatic heterocycles. The number of pyridine rings is 1. The van der Waals surface area contributed by atoms with Crippen LogP contribution in [0.5, 0.6) is 0 Å². The average molecular weight is 184 g/mol. The lowest BCUT2D eigenvalue weighted by molar-refractivity contribution is -0.107. The Morgan fingerprint density at radius 3 is 3.08 bits per heavy atom. The summed E-state index contributed by atoms with van der Waals surface area (Å²) in [6, 6.07) is 1.75. The number of hydrogen-bond acceptors (Lipinski definition) is 2. The molecule has 0 bridgehead atoms. The predicted octanol–water partition coefficient (Wildman–Crippen LogP) is 2.17. The van der Waals surface area contributed by atoms with Crippen LogP contribution in [0, 0.1) is 6.92 Å². The minimum Gasteiger partial charge on any atom is -0.303 e. The van der Waals surface area contributed by atoms with Crippen LogP contribution >= 0.6 is 11.6 Å². The summed E-state index contributed by atoms with van der Waals surface area (Å²) in [5, 5.41) is 0.714. The largest absolute Gasteiger partial charge is 0.303 e. The van der Waals surface area contributed by atoms with E-state index in [2.05, 4.69) is 4.98 Å². The predicted molar refractivity (Wildman–Crippen MR) is 48.4 cm³/mol. The first kappa shape index (κ1) is 9.20. The third kappa shape index (κ3) is 2.05. The summed E-state index contributed by atoms with van der Waals surface area (Å²) in [7, 11) is 0. The number of nitrogens with zero attached hydrogens (tertiary/aromatic N) is 1. The van der Waals surface area contributed by atoms with E-state index in [4.69, 9.17) is 11.6 Å². The molecule has 0 fully saturated rings. The Kier molecular flexibility index (Phi) is 3.23. The fourth-order valence-corrected chi connectivity index (χ4v) is 1.17. The molecule has 1 aromatic rings. The van der Waals surface area contributed by atoms with Crippen LogP contribution in [-0.4, -0.2) is 11.3 Å². The molecule has 0 unspecified atom stereocenters. The van der Waals surface area contributed by atoms with E-state index < -0.39 is 0 Å². The van der Waals surface area contributed by atoms with E-state index in [9.17, 15) is 4.79 Å². The summed E-state index contributed by atoms with van der Waals surface area (Å²) in [4.78, 5) is 14.2. The molecular weight excluding hydrogens is 174 g/mol. The monoisotopic (exact) mass is 183 g/mol. The maximum atomic E-state index is 10.1. The SMILES string of the molecule is Cc1c(Cl)ccnc1CCC=O. The molecule has 64 valence electrons. The quantitative estimate of drug-likeness (QED) is 0.673. The van der Waals surface area contributed by atoms with Gasteiger partial charge < -0.3 is 4.79 Å². The minimum absolute atomic E-state index is 0.508. The van der Waals surface area contributed by atoms with Gasteiger partial charge in [0.1, 0.15) is 6.29 Å². The van der Waals surface area contributed by atoms with Gasteiger partial charge in [-0.2, -0.15) is 0 Å². The zero-order chi connectivity index (χ0) is 8.97. The van der Waals surface area contributed by atoms with Crippen molar-refractivity contribution in [3.8, 4) is 0 Å². The molecule has 0 aliphatic heterocycles. The van der Waals surface area contributed by atoms with Crippen molar-refractivity contribution >= 4 is 17.9 Å². The first-order valence-electron chi connectivity index (χ1n) is 3.79. The van der Waals surface area contributed by atoms with Crippen molar-refractivity contribution in [1.82, 2.24) is 4.98 Å². The summed E-state index contributed by atoms with van der Waals surface area (Å²) < 4.78 is 0. The van der Waals surface area contributed by atoms with Crippen LogP contribution in [-0.2, 0) is 11.2 Å². The maximum Gasteiger partial charge on any atom is 0.120 e. The van der Waals surface area contributed by atoms with Gasteiger partial charge in [0.2, 0.25) is 0 Å². The first-order chi connectivity index (χ1) is 5.75. The molecular formula is C9H10ClNO. The highest BCUT2D eigenvalue weighted by Crippen LogP contribution is 2.17. The number of rotatable bonds is 3. The molecule has 12 heavy (non-hydrogen) atoms. The van der Waals surface area contributed by atoms with Crippen LogP contribution in [0.25, 0.3) is 0 Å². The topological polar surface area (TPSA) is 30.0 Å². The molecule has 0 aliphatic carbocycles. The van der Waals surface area contributed by atoms with Crippen molar-refractivity contribution in [3.63, 3.8) is 0 Å². The third-order valence-corrected chi connectivity index (χ3v) is 2.15. The molecule has 0 amide bonds. The zero-order valence-electron chi connectivity index (χ0n) is 6.88. The Bertz CT molecular complexity index is 286. The van der Waals surface area contributed by atoms with Crippen LogP contribution in [0.4, 0.5) is 0 Å². The summed E-state index contributed by atoms with van der Waals surface area (Å²) in [6.07, 6.45) is 3.74.